The highest BCUT2D eigenvalue weighted by Crippen LogP contribution is 2.23. The van der Waals surface area contributed by atoms with Crippen LogP contribution in [-0.2, 0) is 22.0 Å². The first-order chi connectivity index (χ1) is 14.3. The second-order valence-electron chi connectivity index (χ2n) is 7.13. The van der Waals surface area contributed by atoms with E-state index >= 15 is 0 Å². The van der Waals surface area contributed by atoms with Gasteiger partial charge in [0.05, 0.1) is 11.4 Å². The van der Waals surface area contributed by atoms with Gasteiger partial charge in [0.2, 0.25) is 15.0 Å². The molecule has 7 heteroatoms. The lowest BCUT2D eigenvalue weighted by Gasteiger charge is -2.11. The predicted octanol–water partition coefficient (Wildman–Crippen LogP) is 4.40. The molecule has 0 bridgehead atoms. The second-order valence-corrected chi connectivity index (χ2v) is 10.1. The summed E-state index contributed by atoms with van der Waals surface area (Å²) in [6.45, 7) is 1.86. The largest absolute Gasteiger partial charge is 0.296 e. The van der Waals surface area contributed by atoms with Gasteiger partial charge in [0.25, 0.3) is 5.56 Å². The van der Waals surface area contributed by atoms with Crippen molar-refractivity contribution in [2.24, 2.45) is 0 Å². The first kappa shape index (κ1) is 20.7. The molecule has 4 aromatic rings. The maximum Gasteiger partial charge on any atom is 0.265 e. The van der Waals surface area contributed by atoms with Crippen LogP contribution in [0.1, 0.15) is 22.4 Å². The SMILES string of the molecule is Cc1ccccc1CS(=O)(=O)c1nc(Cc2cccc3ccccc23)c(I)c(=O)[nH]1. The highest BCUT2D eigenvalue weighted by atomic mass is 127. The van der Waals surface area contributed by atoms with Crippen LogP contribution in [0.15, 0.2) is 76.7 Å². The first-order valence-corrected chi connectivity index (χ1v) is 12.1. The number of H-pyrrole nitrogens is 1. The number of aromatic nitrogens is 2. The summed E-state index contributed by atoms with van der Waals surface area (Å²) in [4.78, 5) is 19.4. The second kappa shape index (κ2) is 8.31. The zero-order valence-corrected chi connectivity index (χ0v) is 19.2. The van der Waals surface area contributed by atoms with Crippen molar-refractivity contribution in [3.05, 3.63) is 103 Å². The molecule has 3 aromatic carbocycles. The van der Waals surface area contributed by atoms with E-state index in [4.69, 9.17) is 0 Å². The number of hydrogen-bond donors (Lipinski definition) is 1. The van der Waals surface area contributed by atoms with Crippen LogP contribution in [-0.4, -0.2) is 18.4 Å². The summed E-state index contributed by atoms with van der Waals surface area (Å²) in [6.07, 6.45) is 0.371. The fourth-order valence-corrected chi connectivity index (χ4v) is 5.23. The van der Waals surface area contributed by atoms with Crippen molar-refractivity contribution < 1.29 is 8.42 Å². The predicted molar refractivity (Wildman–Crippen MR) is 126 cm³/mol. The Balaban J connectivity index is 1.76. The number of nitrogens with zero attached hydrogens (tertiary/aromatic N) is 1. The third-order valence-corrected chi connectivity index (χ3v) is 7.63. The lowest BCUT2D eigenvalue weighted by Crippen LogP contribution is -2.22. The fraction of sp³-hybridized carbons (Fsp3) is 0.130. The maximum atomic E-state index is 13.0. The summed E-state index contributed by atoms with van der Waals surface area (Å²) < 4.78 is 26.4. The van der Waals surface area contributed by atoms with E-state index in [1.165, 1.54) is 0 Å². The average molecular weight is 530 g/mol. The minimum atomic E-state index is -3.80. The summed E-state index contributed by atoms with van der Waals surface area (Å²) in [5.74, 6) is -0.211. The third kappa shape index (κ3) is 4.17. The van der Waals surface area contributed by atoms with Crippen LogP contribution in [0.2, 0.25) is 0 Å². The number of aryl methyl sites for hydroxylation is 1. The molecule has 0 radical (unpaired) electrons. The zero-order chi connectivity index (χ0) is 21.3. The van der Waals surface area contributed by atoms with Crippen molar-refractivity contribution in [3.63, 3.8) is 0 Å². The molecule has 0 fully saturated rings. The zero-order valence-electron chi connectivity index (χ0n) is 16.2. The molecule has 0 aliphatic rings. The minimum Gasteiger partial charge on any atom is -0.296 e. The molecule has 0 aliphatic carbocycles. The van der Waals surface area contributed by atoms with Crippen molar-refractivity contribution in [3.8, 4) is 0 Å². The van der Waals surface area contributed by atoms with Gasteiger partial charge in [-0.15, -0.1) is 0 Å². The quantitative estimate of drug-likeness (QED) is 0.307. The summed E-state index contributed by atoms with van der Waals surface area (Å²) >= 11 is 1.93. The molecular formula is C23H19IN2O3S. The van der Waals surface area contributed by atoms with Gasteiger partial charge in [-0.05, 0) is 57.0 Å². The third-order valence-electron chi connectivity index (χ3n) is 5.05. The van der Waals surface area contributed by atoms with E-state index < -0.39 is 15.4 Å². The Kier molecular flexibility index (Phi) is 5.75. The molecule has 1 heterocycles. The van der Waals surface area contributed by atoms with Crippen LogP contribution < -0.4 is 5.56 Å². The highest BCUT2D eigenvalue weighted by molar-refractivity contribution is 14.1. The number of rotatable bonds is 5. The van der Waals surface area contributed by atoms with E-state index in [9.17, 15) is 13.2 Å². The maximum absolute atomic E-state index is 13.0. The first-order valence-electron chi connectivity index (χ1n) is 9.38. The van der Waals surface area contributed by atoms with Gasteiger partial charge < -0.3 is 0 Å². The molecule has 1 aromatic heterocycles. The van der Waals surface area contributed by atoms with E-state index in [0.717, 1.165) is 21.9 Å². The van der Waals surface area contributed by atoms with E-state index in [0.29, 0.717) is 21.2 Å². The number of benzene rings is 3. The van der Waals surface area contributed by atoms with Crippen molar-refractivity contribution in [2.45, 2.75) is 24.3 Å². The minimum absolute atomic E-state index is 0.211. The number of halogens is 1. The summed E-state index contributed by atoms with van der Waals surface area (Å²) in [5, 5.41) is 1.86. The highest BCUT2D eigenvalue weighted by Gasteiger charge is 2.22. The van der Waals surface area contributed by atoms with Gasteiger partial charge >= 0.3 is 0 Å². The number of aromatic amines is 1. The van der Waals surface area contributed by atoms with Crippen molar-refractivity contribution in [2.75, 3.05) is 0 Å². The van der Waals surface area contributed by atoms with Gasteiger partial charge in [0.15, 0.2) is 0 Å². The molecule has 0 saturated carbocycles. The lowest BCUT2D eigenvalue weighted by molar-refractivity contribution is 0.583. The molecule has 5 nitrogen and oxygen atoms in total. The van der Waals surface area contributed by atoms with Gasteiger partial charge in [-0.3, -0.25) is 9.78 Å². The van der Waals surface area contributed by atoms with Crippen LogP contribution in [0.5, 0.6) is 0 Å². The molecule has 0 unspecified atom stereocenters. The topological polar surface area (TPSA) is 79.9 Å². The van der Waals surface area contributed by atoms with Crippen LogP contribution in [0.4, 0.5) is 0 Å². The molecule has 1 N–H and O–H groups in total. The molecule has 4 rings (SSSR count). The Morgan fingerprint density at radius 1 is 0.933 bits per heavy atom. The molecule has 0 amide bonds. The van der Waals surface area contributed by atoms with Crippen LogP contribution in [0.3, 0.4) is 0 Å². The fourth-order valence-electron chi connectivity index (χ4n) is 3.42. The van der Waals surface area contributed by atoms with Crippen LogP contribution in [0.25, 0.3) is 10.8 Å². The Bertz CT molecular complexity index is 1410. The standard InChI is InChI=1S/C23H19IN2O3S/c1-15-7-2-3-9-18(15)14-30(28,29)23-25-20(21(24)22(27)26-23)13-17-11-6-10-16-8-4-5-12-19(16)17/h2-12H,13-14H2,1H3,(H,25,26,27). The van der Waals surface area contributed by atoms with Gasteiger partial charge in [0, 0.05) is 6.42 Å². The van der Waals surface area contributed by atoms with E-state index in [1.54, 1.807) is 12.1 Å². The Labute approximate surface area is 188 Å². The molecule has 30 heavy (non-hydrogen) atoms. The normalized spacial score (nSPS) is 11.7. The van der Waals surface area contributed by atoms with Gasteiger partial charge in [-0.1, -0.05) is 66.7 Å². The Morgan fingerprint density at radius 2 is 1.60 bits per heavy atom. The molecular weight excluding hydrogens is 511 g/mol. The molecule has 0 aliphatic heterocycles. The van der Waals surface area contributed by atoms with E-state index in [1.807, 2.05) is 84.1 Å². The average Bonchev–Trinajstić information content (AvgIpc) is 2.73. The van der Waals surface area contributed by atoms with Crippen molar-refractivity contribution in [1.82, 2.24) is 9.97 Å². The van der Waals surface area contributed by atoms with Gasteiger partial charge in [-0.2, -0.15) is 0 Å². The van der Waals surface area contributed by atoms with E-state index in [2.05, 4.69) is 9.97 Å². The van der Waals surface area contributed by atoms with Gasteiger partial charge in [-0.25, -0.2) is 13.4 Å². The van der Waals surface area contributed by atoms with Crippen LogP contribution >= 0.6 is 22.6 Å². The number of sulfone groups is 1. The molecule has 0 atom stereocenters. The molecule has 0 spiro atoms. The Morgan fingerprint density at radius 3 is 2.40 bits per heavy atom. The molecule has 0 saturated heterocycles. The lowest BCUT2D eigenvalue weighted by atomic mass is 10.0. The number of hydrogen-bond acceptors (Lipinski definition) is 4. The summed E-state index contributed by atoms with van der Waals surface area (Å²) in [7, 11) is -3.80. The Hall–Kier alpha value is -2.52. The van der Waals surface area contributed by atoms with Crippen LogP contribution in [0, 0.1) is 10.5 Å². The number of nitrogens with one attached hydrogen (secondary N) is 1. The summed E-state index contributed by atoms with van der Waals surface area (Å²) in [6, 6.07) is 21.2. The smallest absolute Gasteiger partial charge is 0.265 e. The molecule has 152 valence electrons. The number of fused-ring (bicyclic) bond motifs is 1. The van der Waals surface area contributed by atoms with E-state index in [-0.39, 0.29) is 10.9 Å². The van der Waals surface area contributed by atoms with Gasteiger partial charge in [0.1, 0.15) is 3.57 Å². The monoisotopic (exact) mass is 530 g/mol. The van der Waals surface area contributed by atoms with Crippen molar-refractivity contribution in [1.29, 1.82) is 0 Å². The summed E-state index contributed by atoms with van der Waals surface area (Å²) in [5.41, 5.74) is 2.58. The van der Waals surface area contributed by atoms with Crippen molar-refractivity contribution >= 4 is 43.2 Å².